The first-order valence-corrected chi connectivity index (χ1v) is 5.43. The lowest BCUT2D eigenvalue weighted by Crippen LogP contribution is -2.37. The Morgan fingerprint density at radius 2 is 1.88 bits per heavy atom. The molecule has 0 heterocycles. The molecule has 0 spiro atoms. The van der Waals surface area contributed by atoms with Crippen LogP contribution >= 0.6 is 0 Å². The molecule has 0 aromatic heterocycles. The van der Waals surface area contributed by atoms with Crippen LogP contribution in [0.15, 0.2) is 0 Å². The summed E-state index contributed by atoms with van der Waals surface area (Å²) >= 11 is 0. The van der Waals surface area contributed by atoms with Crippen molar-refractivity contribution < 1.29 is 14.3 Å². The van der Waals surface area contributed by atoms with E-state index in [-0.39, 0.29) is 18.6 Å². The van der Waals surface area contributed by atoms with Crippen LogP contribution in [0.4, 0.5) is 4.79 Å². The zero-order valence-corrected chi connectivity index (χ0v) is 10.8. The highest BCUT2D eigenvalue weighted by atomic mass is 16.5. The van der Waals surface area contributed by atoms with E-state index in [1.165, 1.54) is 4.90 Å². The molecule has 0 bridgehead atoms. The van der Waals surface area contributed by atoms with Crippen molar-refractivity contribution in [3.8, 4) is 0 Å². The summed E-state index contributed by atoms with van der Waals surface area (Å²) in [6, 6.07) is -0.189. The van der Waals surface area contributed by atoms with Gasteiger partial charge in [0.05, 0.1) is 12.0 Å². The number of nitrogens with one attached hydrogen (secondary N) is 1. The molecule has 94 valence electrons. The third kappa shape index (κ3) is 5.00. The van der Waals surface area contributed by atoms with E-state index in [1.54, 1.807) is 14.1 Å². The van der Waals surface area contributed by atoms with Gasteiger partial charge in [0.15, 0.2) is 0 Å². The van der Waals surface area contributed by atoms with Crippen LogP contribution in [0.2, 0.25) is 0 Å². The van der Waals surface area contributed by atoms with E-state index in [4.69, 9.17) is 4.74 Å². The monoisotopic (exact) mass is 230 g/mol. The van der Waals surface area contributed by atoms with E-state index in [0.717, 1.165) is 6.42 Å². The van der Waals surface area contributed by atoms with Crippen LogP contribution < -0.4 is 5.32 Å². The Morgan fingerprint density at radius 1 is 1.31 bits per heavy atom. The summed E-state index contributed by atoms with van der Waals surface area (Å²) in [7, 11) is 3.31. The second-order valence-corrected chi connectivity index (χ2v) is 4.50. The molecule has 0 aliphatic heterocycles. The van der Waals surface area contributed by atoms with E-state index >= 15 is 0 Å². The normalized spacial score (nSPS) is 10.8. The lowest BCUT2D eigenvalue weighted by atomic mass is 9.91. The predicted molar refractivity (Wildman–Crippen MR) is 62.1 cm³/mol. The van der Waals surface area contributed by atoms with Gasteiger partial charge in [-0.3, -0.25) is 4.79 Å². The third-order valence-electron chi connectivity index (χ3n) is 2.45. The zero-order valence-electron chi connectivity index (χ0n) is 10.8. The van der Waals surface area contributed by atoms with Gasteiger partial charge >= 0.3 is 12.0 Å². The second kappa shape index (κ2) is 6.35. The van der Waals surface area contributed by atoms with Crippen LogP contribution in [-0.4, -0.2) is 44.1 Å². The van der Waals surface area contributed by atoms with Gasteiger partial charge in [0.2, 0.25) is 0 Å². The van der Waals surface area contributed by atoms with Crippen LogP contribution in [-0.2, 0) is 9.53 Å². The minimum Gasteiger partial charge on any atom is -0.463 e. The summed E-state index contributed by atoms with van der Waals surface area (Å²) in [5.41, 5.74) is -0.453. The van der Waals surface area contributed by atoms with E-state index in [9.17, 15) is 9.59 Å². The Labute approximate surface area is 97.1 Å². The van der Waals surface area contributed by atoms with Gasteiger partial charge in [-0.25, -0.2) is 4.79 Å². The molecule has 0 unspecified atom stereocenters. The number of hydrogen-bond acceptors (Lipinski definition) is 3. The van der Waals surface area contributed by atoms with Gasteiger partial charge in [0.1, 0.15) is 6.61 Å². The fourth-order valence-corrected chi connectivity index (χ4v) is 0.800. The first kappa shape index (κ1) is 14.7. The maximum atomic E-state index is 11.5. The standard InChI is InChI=1S/C11H22N2O3/c1-6-11(2,3)9(14)16-8-7-12-10(15)13(4)5/h6-8H2,1-5H3,(H,12,15). The predicted octanol–water partition coefficient (Wildman–Crippen LogP) is 1.24. The number of rotatable bonds is 5. The van der Waals surface area contributed by atoms with Gasteiger partial charge in [0.25, 0.3) is 0 Å². The van der Waals surface area contributed by atoms with E-state index in [0.29, 0.717) is 6.54 Å². The van der Waals surface area contributed by atoms with Crippen molar-refractivity contribution >= 4 is 12.0 Å². The molecule has 0 aliphatic carbocycles. The fourth-order valence-electron chi connectivity index (χ4n) is 0.800. The molecule has 5 heteroatoms. The maximum Gasteiger partial charge on any atom is 0.316 e. The van der Waals surface area contributed by atoms with Gasteiger partial charge in [-0.05, 0) is 20.3 Å². The van der Waals surface area contributed by atoms with Gasteiger partial charge in [-0.15, -0.1) is 0 Å². The van der Waals surface area contributed by atoms with E-state index in [1.807, 2.05) is 20.8 Å². The molecule has 5 nitrogen and oxygen atoms in total. The summed E-state index contributed by atoms with van der Waals surface area (Å²) in [5.74, 6) is -0.228. The minimum absolute atomic E-state index is 0.189. The highest BCUT2D eigenvalue weighted by Gasteiger charge is 2.26. The Hall–Kier alpha value is -1.26. The quantitative estimate of drug-likeness (QED) is 0.571. The Morgan fingerprint density at radius 3 is 2.31 bits per heavy atom. The largest absolute Gasteiger partial charge is 0.463 e. The molecule has 1 N–H and O–H groups in total. The lowest BCUT2D eigenvalue weighted by Gasteiger charge is -2.20. The first-order chi connectivity index (χ1) is 7.31. The molecule has 0 saturated heterocycles. The minimum atomic E-state index is -0.453. The van der Waals surface area contributed by atoms with Crippen LogP contribution in [0.25, 0.3) is 0 Å². The highest BCUT2D eigenvalue weighted by molar-refractivity contribution is 5.76. The van der Waals surface area contributed by atoms with Gasteiger partial charge < -0.3 is 15.0 Å². The van der Waals surface area contributed by atoms with Crippen molar-refractivity contribution in [1.29, 1.82) is 0 Å². The fraction of sp³-hybridized carbons (Fsp3) is 0.818. The number of amides is 2. The van der Waals surface area contributed by atoms with Crippen molar-refractivity contribution in [3.05, 3.63) is 0 Å². The molecule has 0 fully saturated rings. The Kier molecular flexibility index (Phi) is 5.85. The molecule has 16 heavy (non-hydrogen) atoms. The van der Waals surface area contributed by atoms with Crippen LogP contribution in [0.5, 0.6) is 0 Å². The number of carbonyl (C=O) groups is 2. The Bertz CT molecular complexity index is 250. The average Bonchev–Trinajstić information content (AvgIpc) is 2.23. The number of nitrogens with zero attached hydrogens (tertiary/aromatic N) is 1. The Balaban J connectivity index is 3.76. The van der Waals surface area contributed by atoms with Crippen molar-refractivity contribution in [3.63, 3.8) is 0 Å². The van der Waals surface area contributed by atoms with Crippen LogP contribution in [0.3, 0.4) is 0 Å². The van der Waals surface area contributed by atoms with Gasteiger partial charge in [0, 0.05) is 14.1 Å². The maximum absolute atomic E-state index is 11.5. The van der Waals surface area contributed by atoms with E-state index in [2.05, 4.69) is 5.32 Å². The highest BCUT2D eigenvalue weighted by Crippen LogP contribution is 2.21. The molecule has 0 saturated carbocycles. The molecule has 0 aromatic carbocycles. The summed E-state index contributed by atoms with van der Waals surface area (Å²) < 4.78 is 5.06. The second-order valence-electron chi connectivity index (χ2n) is 4.50. The SMILES string of the molecule is CCC(C)(C)C(=O)OCCNC(=O)N(C)C. The van der Waals surface area contributed by atoms with Crippen molar-refractivity contribution in [2.24, 2.45) is 5.41 Å². The van der Waals surface area contributed by atoms with Crippen molar-refractivity contribution in [2.75, 3.05) is 27.2 Å². The first-order valence-electron chi connectivity index (χ1n) is 5.43. The zero-order chi connectivity index (χ0) is 12.8. The molecular weight excluding hydrogens is 208 g/mol. The van der Waals surface area contributed by atoms with E-state index < -0.39 is 5.41 Å². The van der Waals surface area contributed by atoms with Crippen molar-refractivity contribution in [2.45, 2.75) is 27.2 Å². The number of ether oxygens (including phenoxy) is 1. The van der Waals surface area contributed by atoms with Crippen molar-refractivity contribution in [1.82, 2.24) is 10.2 Å². The average molecular weight is 230 g/mol. The van der Waals surface area contributed by atoms with Crippen LogP contribution in [0.1, 0.15) is 27.2 Å². The summed E-state index contributed by atoms with van der Waals surface area (Å²) in [6.07, 6.45) is 0.732. The number of carbonyl (C=O) groups excluding carboxylic acids is 2. The molecule has 2 amide bonds. The number of esters is 1. The summed E-state index contributed by atoms with van der Waals surface area (Å²) in [4.78, 5) is 24.1. The molecular formula is C11H22N2O3. The summed E-state index contributed by atoms with van der Waals surface area (Å²) in [6.45, 7) is 6.17. The third-order valence-corrected chi connectivity index (χ3v) is 2.45. The molecule has 0 radical (unpaired) electrons. The number of hydrogen-bond donors (Lipinski definition) is 1. The van der Waals surface area contributed by atoms with Gasteiger partial charge in [-0.2, -0.15) is 0 Å². The molecule has 0 aliphatic rings. The molecule has 0 aromatic rings. The van der Waals surface area contributed by atoms with Crippen LogP contribution in [0, 0.1) is 5.41 Å². The topological polar surface area (TPSA) is 58.6 Å². The molecule has 0 atom stereocenters. The lowest BCUT2D eigenvalue weighted by molar-refractivity contribution is -0.153. The smallest absolute Gasteiger partial charge is 0.316 e. The van der Waals surface area contributed by atoms with Gasteiger partial charge in [-0.1, -0.05) is 6.92 Å². The number of urea groups is 1. The summed E-state index contributed by atoms with van der Waals surface area (Å²) in [5, 5.41) is 2.62. The molecule has 0 rings (SSSR count).